The summed E-state index contributed by atoms with van der Waals surface area (Å²) in [6.07, 6.45) is 0. The van der Waals surface area contributed by atoms with Crippen LogP contribution in [-0.4, -0.2) is 14.2 Å². The van der Waals surface area contributed by atoms with Crippen molar-refractivity contribution in [2.24, 2.45) is 5.73 Å². The van der Waals surface area contributed by atoms with Crippen LogP contribution in [0.2, 0.25) is 5.02 Å². The van der Waals surface area contributed by atoms with Crippen molar-refractivity contribution in [3.8, 4) is 11.5 Å². The van der Waals surface area contributed by atoms with Crippen LogP contribution in [0.4, 0.5) is 0 Å². The Labute approximate surface area is 101 Å². The Morgan fingerprint density at radius 2 is 1.81 bits per heavy atom. The maximum atomic E-state index is 6.21. The van der Waals surface area contributed by atoms with E-state index < -0.39 is 5.54 Å². The molecule has 3 nitrogen and oxygen atoms in total. The average Bonchev–Trinajstić information content (AvgIpc) is 2.14. The summed E-state index contributed by atoms with van der Waals surface area (Å²) in [6.45, 7) is 5.75. The van der Waals surface area contributed by atoms with Crippen molar-refractivity contribution < 1.29 is 9.47 Å². The van der Waals surface area contributed by atoms with Gasteiger partial charge in [0, 0.05) is 22.2 Å². The van der Waals surface area contributed by atoms with Crippen molar-refractivity contribution in [3.05, 3.63) is 22.2 Å². The van der Waals surface area contributed by atoms with Crippen LogP contribution in [0.3, 0.4) is 0 Å². The van der Waals surface area contributed by atoms with Crippen molar-refractivity contribution in [2.75, 3.05) is 14.2 Å². The zero-order chi connectivity index (χ0) is 12.5. The van der Waals surface area contributed by atoms with Crippen LogP contribution in [-0.2, 0) is 5.54 Å². The minimum atomic E-state index is -0.513. The number of hydrogen-bond donors (Lipinski definition) is 1. The zero-order valence-electron chi connectivity index (χ0n) is 10.3. The van der Waals surface area contributed by atoms with Crippen LogP contribution in [0.15, 0.2) is 6.07 Å². The van der Waals surface area contributed by atoms with Gasteiger partial charge in [-0.1, -0.05) is 11.6 Å². The summed E-state index contributed by atoms with van der Waals surface area (Å²) >= 11 is 6.21. The Kier molecular flexibility index (Phi) is 3.71. The molecular formula is C12H18ClNO2. The molecule has 0 saturated carbocycles. The van der Waals surface area contributed by atoms with E-state index in [1.165, 1.54) is 0 Å². The first-order chi connectivity index (χ1) is 7.32. The van der Waals surface area contributed by atoms with E-state index in [1.807, 2.05) is 20.8 Å². The van der Waals surface area contributed by atoms with Crippen LogP contribution in [0.25, 0.3) is 0 Å². The molecule has 1 rings (SSSR count). The third-order valence-corrected chi connectivity index (χ3v) is 2.80. The molecule has 0 fully saturated rings. The van der Waals surface area contributed by atoms with Crippen LogP contribution in [0.5, 0.6) is 11.5 Å². The molecule has 16 heavy (non-hydrogen) atoms. The summed E-state index contributed by atoms with van der Waals surface area (Å²) in [6, 6.07) is 1.73. The van der Waals surface area contributed by atoms with E-state index in [4.69, 9.17) is 26.8 Å². The fourth-order valence-corrected chi connectivity index (χ4v) is 2.41. The molecule has 0 unspecified atom stereocenters. The van der Waals surface area contributed by atoms with Gasteiger partial charge >= 0.3 is 0 Å². The van der Waals surface area contributed by atoms with Gasteiger partial charge in [-0.2, -0.15) is 0 Å². The molecule has 2 N–H and O–H groups in total. The fourth-order valence-electron chi connectivity index (χ4n) is 1.93. The SMILES string of the molecule is COc1cc(Cl)c(C(C)(C)N)c(C)c1OC. The van der Waals surface area contributed by atoms with Crippen molar-refractivity contribution in [2.45, 2.75) is 26.3 Å². The van der Waals surface area contributed by atoms with E-state index in [2.05, 4.69) is 0 Å². The van der Waals surface area contributed by atoms with Gasteiger partial charge in [-0.15, -0.1) is 0 Å². The van der Waals surface area contributed by atoms with Gasteiger partial charge in [0.1, 0.15) is 0 Å². The fraction of sp³-hybridized carbons (Fsp3) is 0.500. The molecular weight excluding hydrogens is 226 g/mol. The van der Waals surface area contributed by atoms with E-state index in [1.54, 1.807) is 20.3 Å². The first-order valence-electron chi connectivity index (χ1n) is 5.03. The maximum absolute atomic E-state index is 6.21. The predicted molar refractivity (Wildman–Crippen MR) is 66.5 cm³/mol. The lowest BCUT2D eigenvalue weighted by molar-refractivity contribution is 0.351. The van der Waals surface area contributed by atoms with Crippen LogP contribution in [0, 0.1) is 6.92 Å². The molecule has 0 radical (unpaired) electrons. The minimum Gasteiger partial charge on any atom is -0.493 e. The van der Waals surface area contributed by atoms with Crippen molar-refractivity contribution in [1.82, 2.24) is 0 Å². The summed E-state index contributed by atoms with van der Waals surface area (Å²) < 4.78 is 10.5. The van der Waals surface area contributed by atoms with Gasteiger partial charge in [0.05, 0.1) is 14.2 Å². The number of ether oxygens (including phenoxy) is 2. The number of methoxy groups -OCH3 is 2. The molecule has 0 aliphatic carbocycles. The Balaban J connectivity index is 3.54. The number of hydrogen-bond acceptors (Lipinski definition) is 3. The summed E-state index contributed by atoms with van der Waals surface area (Å²) in [7, 11) is 3.19. The summed E-state index contributed by atoms with van der Waals surface area (Å²) in [5.74, 6) is 1.30. The van der Waals surface area contributed by atoms with E-state index in [9.17, 15) is 0 Å². The second-order valence-electron chi connectivity index (χ2n) is 4.32. The van der Waals surface area contributed by atoms with E-state index >= 15 is 0 Å². The third kappa shape index (κ3) is 2.25. The molecule has 0 aliphatic heterocycles. The molecule has 0 bridgehead atoms. The Morgan fingerprint density at radius 1 is 1.25 bits per heavy atom. The smallest absolute Gasteiger partial charge is 0.164 e. The molecule has 0 aromatic heterocycles. The molecule has 90 valence electrons. The monoisotopic (exact) mass is 243 g/mol. The molecule has 0 aliphatic rings. The van der Waals surface area contributed by atoms with Gasteiger partial charge in [0.25, 0.3) is 0 Å². The summed E-state index contributed by atoms with van der Waals surface area (Å²) in [4.78, 5) is 0. The highest BCUT2D eigenvalue weighted by atomic mass is 35.5. The van der Waals surface area contributed by atoms with Gasteiger partial charge in [-0.05, 0) is 26.3 Å². The summed E-state index contributed by atoms with van der Waals surface area (Å²) in [5, 5.41) is 0.600. The van der Waals surface area contributed by atoms with Crippen LogP contribution in [0.1, 0.15) is 25.0 Å². The quantitative estimate of drug-likeness (QED) is 0.888. The number of benzene rings is 1. The van der Waals surface area contributed by atoms with Gasteiger partial charge in [0.2, 0.25) is 0 Å². The highest BCUT2D eigenvalue weighted by molar-refractivity contribution is 6.31. The third-order valence-electron chi connectivity index (χ3n) is 2.50. The Morgan fingerprint density at radius 3 is 2.19 bits per heavy atom. The average molecular weight is 244 g/mol. The Bertz CT molecular complexity index is 397. The molecule has 1 aromatic rings. The summed E-state index contributed by atoms with van der Waals surface area (Å²) in [5.41, 5.74) is 7.38. The highest BCUT2D eigenvalue weighted by Crippen LogP contribution is 2.41. The molecule has 4 heteroatoms. The predicted octanol–water partition coefficient (Wildman–Crippen LogP) is 2.86. The van der Waals surface area contributed by atoms with Gasteiger partial charge < -0.3 is 15.2 Å². The second kappa shape index (κ2) is 4.52. The normalized spacial score (nSPS) is 11.4. The van der Waals surface area contributed by atoms with E-state index in [-0.39, 0.29) is 0 Å². The Hall–Kier alpha value is -0.930. The van der Waals surface area contributed by atoms with Gasteiger partial charge in [-0.3, -0.25) is 0 Å². The number of nitrogens with two attached hydrogens (primary N) is 1. The van der Waals surface area contributed by atoms with Crippen molar-refractivity contribution >= 4 is 11.6 Å². The lowest BCUT2D eigenvalue weighted by Crippen LogP contribution is -2.30. The zero-order valence-corrected chi connectivity index (χ0v) is 11.1. The second-order valence-corrected chi connectivity index (χ2v) is 4.72. The van der Waals surface area contributed by atoms with Crippen molar-refractivity contribution in [3.63, 3.8) is 0 Å². The standard InChI is InChI=1S/C12H18ClNO2/c1-7-10(12(2,3)14)8(13)6-9(15-4)11(7)16-5/h6H,14H2,1-5H3. The number of halogens is 1. The van der Waals surface area contributed by atoms with Gasteiger partial charge in [0.15, 0.2) is 11.5 Å². The van der Waals surface area contributed by atoms with E-state index in [0.29, 0.717) is 16.5 Å². The van der Waals surface area contributed by atoms with E-state index in [0.717, 1.165) is 11.1 Å². The number of rotatable bonds is 3. The van der Waals surface area contributed by atoms with Gasteiger partial charge in [-0.25, -0.2) is 0 Å². The minimum absolute atomic E-state index is 0.513. The molecule has 0 heterocycles. The molecule has 0 saturated heterocycles. The first-order valence-corrected chi connectivity index (χ1v) is 5.41. The topological polar surface area (TPSA) is 44.5 Å². The molecule has 0 atom stereocenters. The van der Waals surface area contributed by atoms with Crippen LogP contribution < -0.4 is 15.2 Å². The molecule has 0 spiro atoms. The molecule has 1 aromatic carbocycles. The maximum Gasteiger partial charge on any atom is 0.164 e. The van der Waals surface area contributed by atoms with Crippen LogP contribution >= 0.6 is 11.6 Å². The lowest BCUT2D eigenvalue weighted by Gasteiger charge is -2.25. The first kappa shape index (κ1) is 13.1. The largest absolute Gasteiger partial charge is 0.493 e. The lowest BCUT2D eigenvalue weighted by atomic mass is 9.90. The van der Waals surface area contributed by atoms with Crippen molar-refractivity contribution in [1.29, 1.82) is 0 Å². The highest BCUT2D eigenvalue weighted by Gasteiger charge is 2.24. The molecule has 0 amide bonds.